The number of amidine groups is 1. The monoisotopic (exact) mass is 534 g/mol. The molecule has 0 saturated carbocycles. The third kappa shape index (κ3) is 5.16. The molecule has 2 aromatic rings. The van der Waals surface area contributed by atoms with E-state index in [1.807, 2.05) is 6.92 Å². The third-order valence-electron chi connectivity index (χ3n) is 6.73. The van der Waals surface area contributed by atoms with Crippen LogP contribution >= 0.6 is 11.6 Å². The highest BCUT2D eigenvalue weighted by Gasteiger charge is 2.47. The zero-order valence-corrected chi connectivity index (χ0v) is 21.9. The van der Waals surface area contributed by atoms with E-state index in [9.17, 15) is 22.4 Å². The van der Waals surface area contributed by atoms with Crippen LogP contribution in [0, 0.1) is 12.7 Å². The average Bonchev–Trinajstić information content (AvgIpc) is 3.12. The summed E-state index contributed by atoms with van der Waals surface area (Å²) in [5.74, 6) is -1.00. The summed E-state index contributed by atoms with van der Waals surface area (Å²) in [6.07, 6.45) is 0.721. The second-order valence-electron chi connectivity index (χ2n) is 9.38. The fourth-order valence-electron chi connectivity index (χ4n) is 4.53. The van der Waals surface area contributed by atoms with E-state index in [0.29, 0.717) is 12.0 Å². The van der Waals surface area contributed by atoms with Crippen LogP contribution in [-0.4, -0.2) is 73.7 Å². The predicted octanol–water partition coefficient (Wildman–Crippen LogP) is 2.77. The van der Waals surface area contributed by atoms with Gasteiger partial charge in [0.1, 0.15) is 17.2 Å². The van der Waals surface area contributed by atoms with E-state index < -0.39 is 21.4 Å². The summed E-state index contributed by atoms with van der Waals surface area (Å²) < 4.78 is 41.8. The molecule has 0 radical (unpaired) electrons. The number of nitrogens with one attached hydrogen (secondary N) is 1. The molecular formula is C25H28ClFN4O4S. The number of carbonyl (C=O) groups excluding carboxylic acids is 2. The lowest BCUT2D eigenvalue weighted by Crippen LogP contribution is -2.50. The lowest BCUT2D eigenvalue weighted by molar-refractivity contribution is -0.124. The molecule has 0 atom stereocenters. The molecule has 0 unspecified atom stereocenters. The number of sulfonamides is 1. The van der Waals surface area contributed by atoms with Gasteiger partial charge < -0.3 is 10.2 Å². The van der Waals surface area contributed by atoms with E-state index in [-0.39, 0.29) is 59.9 Å². The van der Waals surface area contributed by atoms with Gasteiger partial charge in [-0.1, -0.05) is 17.7 Å². The Morgan fingerprint density at radius 1 is 1.19 bits per heavy atom. The highest BCUT2D eigenvalue weighted by Crippen LogP contribution is 2.33. The molecule has 2 aromatic carbocycles. The Bertz CT molecular complexity index is 1350. The largest absolute Gasteiger partial charge is 0.345 e. The van der Waals surface area contributed by atoms with Crippen molar-refractivity contribution in [1.29, 1.82) is 0 Å². The van der Waals surface area contributed by atoms with Gasteiger partial charge in [-0.3, -0.25) is 14.6 Å². The first-order valence-corrected chi connectivity index (χ1v) is 13.6. The number of aryl methyl sites for hydroxylation is 2. The van der Waals surface area contributed by atoms with Crippen molar-refractivity contribution < 1.29 is 22.4 Å². The first-order valence-electron chi connectivity index (χ1n) is 11.6. The lowest BCUT2D eigenvalue weighted by Gasteiger charge is -2.34. The van der Waals surface area contributed by atoms with Crippen molar-refractivity contribution in [3.05, 3.63) is 69.5 Å². The van der Waals surface area contributed by atoms with Crippen molar-refractivity contribution in [1.82, 2.24) is 14.5 Å². The number of carbonyl (C=O) groups is 2. The van der Waals surface area contributed by atoms with Gasteiger partial charge in [0.05, 0.1) is 11.3 Å². The number of hydrogen-bond acceptors (Lipinski definition) is 5. The molecular weight excluding hydrogens is 507 g/mol. The quantitative estimate of drug-likeness (QED) is 0.616. The molecule has 4 rings (SSSR count). The molecule has 1 N–H and O–H groups in total. The van der Waals surface area contributed by atoms with Gasteiger partial charge in [-0.05, 0) is 67.6 Å². The van der Waals surface area contributed by atoms with Crippen LogP contribution in [0.5, 0.6) is 0 Å². The van der Waals surface area contributed by atoms with Gasteiger partial charge in [-0.2, -0.15) is 0 Å². The highest BCUT2D eigenvalue weighted by atomic mass is 35.5. The van der Waals surface area contributed by atoms with Crippen molar-refractivity contribution in [2.24, 2.45) is 4.99 Å². The summed E-state index contributed by atoms with van der Waals surface area (Å²) in [5.41, 5.74) is 1.30. The molecule has 2 aliphatic rings. The lowest BCUT2D eigenvalue weighted by atomic mass is 9.89. The van der Waals surface area contributed by atoms with Crippen LogP contribution in [0.4, 0.5) is 4.39 Å². The van der Waals surface area contributed by atoms with Crippen molar-refractivity contribution in [3.63, 3.8) is 0 Å². The van der Waals surface area contributed by atoms with Gasteiger partial charge in [0.15, 0.2) is 0 Å². The zero-order chi connectivity index (χ0) is 26.3. The minimum Gasteiger partial charge on any atom is -0.345 e. The molecule has 2 amide bonds. The topological polar surface area (TPSA) is 99.2 Å². The second-order valence-corrected chi connectivity index (χ2v) is 11.9. The maximum atomic E-state index is 14.3. The Morgan fingerprint density at radius 2 is 1.89 bits per heavy atom. The first-order chi connectivity index (χ1) is 16.9. The molecule has 1 saturated heterocycles. The number of aliphatic imine (C=N–C) groups is 1. The number of halogens is 2. The van der Waals surface area contributed by atoms with Gasteiger partial charge >= 0.3 is 0 Å². The van der Waals surface area contributed by atoms with E-state index >= 15 is 0 Å². The van der Waals surface area contributed by atoms with Crippen LogP contribution in [0.15, 0.2) is 41.4 Å². The number of amides is 2. The third-order valence-corrected chi connectivity index (χ3v) is 8.84. The Hall–Kier alpha value is -2.82. The van der Waals surface area contributed by atoms with Gasteiger partial charge in [-0.25, -0.2) is 17.1 Å². The van der Waals surface area contributed by atoms with Crippen LogP contribution in [-0.2, 0) is 21.2 Å². The van der Waals surface area contributed by atoms with Crippen molar-refractivity contribution >= 4 is 39.3 Å². The van der Waals surface area contributed by atoms with Crippen molar-refractivity contribution in [2.75, 3.05) is 32.9 Å². The predicted molar refractivity (Wildman–Crippen MR) is 136 cm³/mol. The summed E-state index contributed by atoms with van der Waals surface area (Å²) in [5, 5.41) is 2.89. The summed E-state index contributed by atoms with van der Waals surface area (Å²) >= 11 is 5.81. The molecule has 1 spiro atoms. The smallest absolute Gasteiger partial charge is 0.253 e. The summed E-state index contributed by atoms with van der Waals surface area (Å²) in [6, 6.07) is 9.40. The molecule has 2 aliphatic heterocycles. The van der Waals surface area contributed by atoms with Crippen LogP contribution in [0.25, 0.3) is 0 Å². The van der Waals surface area contributed by atoms with E-state index in [4.69, 9.17) is 11.6 Å². The molecule has 0 bridgehead atoms. The molecule has 0 aromatic heterocycles. The normalized spacial score (nSPS) is 17.7. The van der Waals surface area contributed by atoms with Crippen molar-refractivity contribution in [2.45, 2.75) is 31.7 Å². The van der Waals surface area contributed by atoms with E-state index in [2.05, 4.69) is 10.3 Å². The molecule has 192 valence electrons. The summed E-state index contributed by atoms with van der Waals surface area (Å²) in [6.45, 7) is 2.15. The van der Waals surface area contributed by atoms with Crippen LogP contribution < -0.4 is 5.32 Å². The van der Waals surface area contributed by atoms with Gasteiger partial charge in [0.2, 0.25) is 10.0 Å². The zero-order valence-electron chi connectivity index (χ0n) is 20.3. The molecule has 8 nitrogen and oxygen atoms in total. The Labute approximate surface area is 215 Å². The number of nitrogens with zero attached hydrogens (tertiary/aromatic N) is 3. The fourth-order valence-corrected chi connectivity index (χ4v) is 6.17. The molecule has 36 heavy (non-hydrogen) atoms. The van der Waals surface area contributed by atoms with E-state index in [1.54, 1.807) is 32.3 Å². The number of piperidine rings is 1. The Balaban J connectivity index is 1.41. The molecule has 1 fully saturated rings. The Morgan fingerprint density at radius 3 is 2.50 bits per heavy atom. The Kier molecular flexibility index (Phi) is 7.23. The number of rotatable bonds is 6. The second kappa shape index (κ2) is 9.91. The van der Waals surface area contributed by atoms with Crippen LogP contribution in [0.3, 0.4) is 0 Å². The van der Waals surface area contributed by atoms with Gasteiger partial charge in [-0.15, -0.1) is 0 Å². The average molecular weight is 535 g/mol. The molecule has 11 heteroatoms. The fraction of sp³-hybridized carbons (Fsp3) is 0.400. The summed E-state index contributed by atoms with van der Waals surface area (Å²) in [7, 11) is -0.218. The number of hydrogen-bond donors (Lipinski definition) is 1. The van der Waals surface area contributed by atoms with E-state index in [1.165, 1.54) is 21.3 Å². The number of benzene rings is 2. The van der Waals surface area contributed by atoms with Gasteiger partial charge in [0.25, 0.3) is 11.8 Å². The molecule has 2 heterocycles. The standard InChI is InChI=1S/C25H28ClFN4O4S/c1-16-14-18(23(32)30(2)3)5-4-17(16)8-13-36(34,35)31-11-9-25(10-12-31)24(33)28-22(29-25)20-7-6-19(26)15-21(20)27/h4-7,14-15H,8-13H2,1-3H3,(H,28,29,33). The summed E-state index contributed by atoms with van der Waals surface area (Å²) in [4.78, 5) is 30.9. The molecule has 0 aliphatic carbocycles. The van der Waals surface area contributed by atoms with Gasteiger partial charge in [0, 0.05) is 37.8 Å². The maximum absolute atomic E-state index is 14.3. The highest BCUT2D eigenvalue weighted by molar-refractivity contribution is 7.89. The van der Waals surface area contributed by atoms with Crippen molar-refractivity contribution in [3.8, 4) is 0 Å². The van der Waals surface area contributed by atoms with Crippen LogP contribution in [0.1, 0.15) is 39.9 Å². The van der Waals surface area contributed by atoms with E-state index in [0.717, 1.165) is 17.2 Å². The first kappa shape index (κ1) is 26.2. The maximum Gasteiger partial charge on any atom is 0.253 e. The van der Waals surface area contributed by atoms with Crippen LogP contribution in [0.2, 0.25) is 5.02 Å². The SMILES string of the molecule is Cc1cc(C(=O)N(C)C)ccc1CCS(=O)(=O)N1CCC2(CC1)N=C(c1ccc(Cl)cc1F)NC2=O. The minimum absolute atomic E-state index is 0.0848. The minimum atomic E-state index is -3.58.